The van der Waals surface area contributed by atoms with E-state index in [1.54, 1.807) is 31.2 Å². The van der Waals surface area contributed by atoms with Crippen LogP contribution in [0.4, 0.5) is 10.5 Å². The van der Waals surface area contributed by atoms with E-state index >= 15 is 0 Å². The minimum Gasteiger partial charge on any atom is -0.506 e. The summed E-state index contributed by atoms with van der Waals surface area (Å²) in [5.74, 6) is -1.12. The van der Waals surface area contributed by atoms with Crippen LogP contribution in [0.3, 0.4) is 0 Å². The summed E-state index contributed by atoms with van der Waals surface area (Å²) in [6.07, 6.45) is 1.02. The van der Waals surface area contributed by atoms with Crippen LogP contribution in [0.5, 0.6) is 5.75 Å². The highest BCUT2D eigenvalue weighted by Crippen LogP contribution is 2.39. The van der Waals surface area contributed by atoms with Crippen molar-refractivity contribution in [3.63, 3.8) is 0 Å². The van der Waals surface area contributed by atoms with Gasteiger partial charge in [-0.25, -0.2) is 9.59 Å². The van der Waals surface area contributed by atoms with Crippen LogP contribution < -0.4 is 5.32 Å². The van der Waals surface area contributed by atoms with Gasteiger partial charge in [0.25, 0.3) is 0 Å². The van der Waals surface area contributed by atoms with E-state index in [-0.39, 0.29) is 5.75 Å². The second kappa shape index (κ2) is 12.6. The summed E-state index contributed by atoms with van der Waals surface area (Å²) < 4.78 is 12.7. The van der Waals surface area contributed by atoms with E-state index in [0.29, 0.717) is 39.6 Å². The first-order valence-corrected chi connectivity index (χ1v) is 11.5. The Hall–Kier alpha value is -2.36. The zero-order valence-corrected chi connectivity index (χ0v) is 20.9. The van der Waals surface area contributed by atoms with Gasteiger partial charge >= 0.3 is 12.1 Å². The van der Waals surface area contributed by atoms with E-state index in [1.165, 1.54) is 6.08 Å². The molecule has 1 amide bonds. The van der Waals surface area contributed by atoms with Crippen molar-refractivity contribution in [2.75, 3.05) is 11.9 Å². The molecule has 0 saturated carbocycles. The first-order chi connectivity index (χ1) is 15.2. The quantitative estimate of drug-likeness (QED) is 0.288. The number of anilines is 1. The van der Waals surface area contributed by atoms with E-state index in [4.69, 9.17) is 14.6 Å². The second-order valence-corrected chi connectivity index (χ2v) is 8.72. The third-order valence-electron chi connectivity index (χ3n) is 4.49. The number of halogens is 2. The molecule has 0 spiro atoms. The normalized spacial score (nSPS) is 13.0. The number of carboxylic acids is 1. The van der Waals surface area contributed by atoms with Crippen LogP contribution in [-0.4, -0.2) is 35.0 Å². The Bertz CT molecular complexity index is 962. The Morgan fingerprint density at radius 1 is 1.19 bits per heavy atom. The number of amides is 1. The van der Waals surface area contributed by atoms with Gasteiger partial charge in [0, 0.05) is 28.4 Å². The summed E-state index contributed by atoms with van der Waals surface area (Å²) in [6.45, 7) is 4.08. The number of phenolic OH excluding ortho intramolecular Hbond substituents is 1. The highest BCUT2D eigenvalue weighted by atomic mass is 79.9. The molecule has 0 heterocycles. The summed E-state index contributed by atoms with van der Waals surface area (Å²) in [7, 11) is 0. The SMILES string of the molecule is CCO[C@@H](CC/C=C/C(=O)O)[C@@H](OC(=O)Nc1ccc(C)cc1)c1cc(Br)cc(Br)c1O. The third kappa shape index (κ3) is 7.96. The molecule has 0 fully saturated rings. The minimum absolute atomic E-state index is 0.0767. The number of hydrogen-bond donors (Lipinski definition) is 3. The summed E-state index contributed by atoms with van der Waals surface area (Å²) in [5, 5.41) is 22.1. The van der Waals surface area contributed by atoms with Gasteiger partial charge < -0.3 is 19.7 Å². The number of benzene rings is 2. The number of carbonyl (C=O) groups excluding carboxylic acids is 1. The fraction of sp³-hybridized carbons (Fsp3) is 0.304. The maximum absolute atomic E-state index is 12.7. The molecule has 0 aliphatic carbocycles. The molecule has 0 aromatic heterocycles. The molecule has 7 nitrogen and oxygen atoms in total. The highest BCUT2D eigenvalue weighted by Gasteiger charge is 2.31. The van der Waals surface area contributed by atoms with Gasteiger partial charge in [0.1, 0.15) is 5.75 Å². The highest BCUT2D eigenvalue weighted by molar-refractivity contribution is 9.11. The van der Waals surface area contributed by atoms with Gasteiger partial charge in [0.15, 0.2) is 6.10 Å². The van der Waals surface area contributed by atoms with Crippen molar-refractivity contribution in [2.24, 2.45) is 0 Å². The van der Waals surface area contributed by atoms with Crippen molar-refractivity contribution in [3.8, 4) is 5.75 Å². The molecule has 0 unspecified atom stereocenters. The fourth-order valence-electron chi connectivity index (χ4n) is 3.02. The van der Waals surface area contributed by atoms with Crippen molar-refractivity contribution in [2.45, 2.75) is 38.9 Å². The van der Waals surface area contributed by atoms with E-state index in [2.05, 4.69) is 37.2 Å². The van der Waals surface area contributed by atoms with Crippen molar-refractivity contribution >= 4 is 49.6 Å². The van der Waals surface area contributed by atoms with Gasteiger partial charge in [-0.1, -0.05) is 39.7 Å². The lowest BCUT2D eigenvalue weighted by molar-refractivity contribution is -0.131. The number of carboxylic acid groups (broad SMARTS) is 1. The van der Waals surface area contributed by atoms with Crippen LogP contribution in [0.25, 0.3) is 0 Å². The molecule has 2 rings (SSSR count). The van der Waals surface area contributed by atoms with Crippen LogP contribution in [0.1, 0.15) is 37.0 Å². The topological polar surface area (TPSA) is 105 Å². The summed E-state index contributed by atoms with van der Waals surface area (Å²) in [5.41, 5.74) is 1.97. The Labute approximate surface area is 203 Å². The molecule has 3 N–H and O–H groups in total. The monoisotopic (exact) mass is 569 g/mol. The predicted octanol–water partition coefficient (Wildman–Crippen LogP) is 6.34. The number of aromatic hydroxyl groups is 1. The number of ether oxygens (including phenoxy) is 2. The van der Waals surface area contributed by atoms with Crippen LogP contribution in [0.2, 0.25) is 0 Å². The van der Waals surface area contributed by atoms with Gasteiger partial charge in [0.2, 0.25) is 0 Å². The zero-order chi connectivity index (χ0) is 23.7. The van der Waals surface area contributed by atoms with Crippen molar-refractivity contribution in [1.29, 1.82) is 0 Å². The molecule has 0 radical (unpaired) electrons. The van der Waals surface area contributed by atoms with Crippen LogP contribution in [0.15, 0.2) is 57.5 Å². The molecule has 0 aliphatic heterocycles. The Morgan fingerprint density at radius 2 is 1.88 bits per heavy atom. The van der Waals surface area contributed by atoms with Gasteiger partial charge in [-0.05, 0) is 66.9 Å². The number of phenols is 1. The van der Waals surface area contributed by atoms with Crippen LogP contribution in [-0.2, 0) is 14.3 Å². The Morgan fingerprint density at radius 3 is 2.50 bits per heavy atom. The largest absolute Gasteiger partial charge is 0.506 e. The smallest absolute Gasteiger partial charge is 0.412 e. The van der Waals surface area contributed by atoms with E-state index in [1.807, 2.05) is 19.1 Å². The third-order valence-corrected chi connectivity index (χ3v) is 5.56. The van der Waals surface area contributed by atoms with Gasteiger partial charge in [0.05, 0.1) is 10.6 Å². The maximum Gasteiger partial charge on any atom is 0.412 e. The number of rotatable bonds is 10. The first-order valence-electron chi connectivity index (χ1n) is 9.94. The van der Waals surface area contributed by atoms with Crippen molar-refractivity contribution in [3.05, 3.63) is 68.6 Å². The molecule has 172 valence electrons. The lowest BCUT2D eigenvalue weighted by Gasteiger charge is -2.28. The molecule has 2 aromatic carbocycles. The molecule has 2 atom stereocenters. The average Bonchev–Trinajstić information content (AvgIpc) is 2.73. The van der Waals surface area contributed by atoms with Crippen LogP contribution in [0, 0.1) is 6.92 Å². The molecule has 0 aliphatic rings. The lowest BCUT2D eigenvalue weighted by atomic mass is 9.99. The lowest BCUT2D eigenvalue weighted by Crippen LogP contribution is -2.29. The van der Waals surface area contributed by atoms with Crippen molar-refractivity contribution in [1.82, 2.24) is 0 Å². The molecule has 9 heteroatoms. The van der Waals surface area contributed by atoms with Gasteiger partial charge in [-0.15, -0.1) is 0 Å². The van der Waals surface area contributed by atoms with Gasteiger partial charge in [-0.3, -0.25) is 5.32 Å². The molecule has 2 aromatic rings. The van der Waals surface area contributed by atoms with E-state index in [9.17, 15) is 14.7 Å². The predicted molar refractivity (Wildman–Crippen MR) is 129 cm³/mol. The number of aryl methyl sites for hydroxylation is 1. The summed E-state index contributed by atoms with van der Waals surface area (Å²) in [4.78, 5) is 23.5. The minimum atomic E-state index is -1.04. The molecular formula is C23H25Br2NO6. The standard InChI is InChI=1S/C23H25Br2NO6/c1-3-31-19(6-4-5-7-20(27)28)22(17-12-15(24)13-18(25)21(17)29)32-23(30)26-16-10-8-14(2)9-11-16/h5,7-13,19,22,29H,3-4,6H2,1-2H3,(H,26,30)(H,27,28)/b7-5+/t19-,22-/m0/s1. The molecular weight excluding hydrogens is 546 g/mol. The number of allylic oxidation sites excluding steroid dienone is 1. The average molecular weight is 571 g/mol. The maximum atomic E-state index is 12.7. The van der Waals surface area contributed by atoms with Gasteiger partial charge in [-0.2, -0.15) is 0 Å². The summed E-state index contributed by atoms with van der Waals surface area (Å²) >= 11 is 6.70. The molecule has 0 saturated heterocycles. The van der Waals surface area contributed by atoms with E-state index < -0.39 is 24.3 Å². The first kappa shape index (κ1) is 25.9. The van der Waals surface area contributed by atoms with E-state index in [0.717, 1.165) is 11.6 Å². The zero-order valence-electron chi connectivity index (χ0n) is 17.7. The number of hydrogen-bond acceptors (Lipinski definition) is 5. The molecule has 0 bridgehead atoms. The van der Waals surface area contributed by atoms with Crippen molar-refractivity contribution < 1.29 is 29.3 Å². The summed E-state index contributed by atoms with van der Waals surface area (Å²) in [6, 6.07) is 10.6. The molecule has 32 heavy (non-hydrogen) atoms. The second-order valence-electron chi connectivity index (χ2n) is 6.95. The number of aliphatic carboxylic acids is 1. The number of carbonyl (C=O) groups is 2. The Kier molecular flexibility index (Phi) is 10.2. The number of nitrogens with one attached hydrogen (secondary N) is 1. The Balaban J connectivity index is 2.33. The van der Waals surface area contributed by atoms with Crippen LogP contribution >= 0.6 is 31.9 Å². The fourth-order valence-corrected chi connectivity index (χ4v) is 4.28.